The number of hydrogen-bond acceptors (Lipinski definition) is 8. The maximum atomic E-state index is 13.0. The summed E-state index contributed by atoms with van der Waals surface area (Å²) >= 11 is 0. The second-order valence-corrected chi connectivity index (χ2v) is 18.4. The van der Waals surface area contributed by atoms with E-state index in [1.165, 1.54) is 0 Å². The van der Waals surface area contributed by atoms with Crippen LogP contribution < -0.4 is 14.2 Å². The van der Waals surface area contributed by atoms with Gasteiger partial charge in [-0.2, -0.15) is 0 Å². The number of ether oxygens (including phenoxy) is 4. The second-order valence-electron chi connectivity index (χ2n) is 18.4. The number of nitrogens with one attached hydrogen (secondary N) is 2. The van der Waals surface area contributed by atoms with Gasteiger partial charge < -0.3 is 39.1 Å². The molecule has 0 radical (unpaired) electrons. The molecule has 0 bridgehead atoms. The third-order valence-corrected chi connectivity index (χ3v) is 15.0. The summed E-state index contributed by atoms with van der Waals surface area (Å²) in [5, 5.41) is 22.5. The van der Waals surface area contributed by atoms with Crippen molar-refractivity contribution in [1.29, 1.82) is 0 Å². The topological polar surface area (TPSA) is 150 Å². The van der Waals surface area contributed by atoms with E-state index in [9.17, 15) is 19.8 Å². The summed E-state index contributed by atoms with van der Waals surface area (Å²) in [4.78, 5) is 36.7. The molecule has 0 amide bonds. The molecule has 4 aromatic carbocycles. The quantitative estimate of drug-likeness (QED) is 0.0834. The van der Waals surface area contributed by atoms with Gasteiger partial charge in [0.2, 0.25) is 0 Å². The number of likely N-dealkylation sites (tertiary alicyclic amines) is 2. The van der Waals surface area contributed by atoms with Crippen molar-refractivity contribution in [3.8, 4) is 17.2 Å². The number of nitrogens with zero attached hydrogens (tertiary/aromatic N) is 2. The van der Waals surface area contributed by atoms with Gasteiger partial charge in [0.1, 0.15) is 17.2 Å². The minimum absolute atomic E-state index is 0.0483. The first-order chi connectivity index (χ1) is 31.1. The lowest BCUT2D eigenvalue weighted by molar-refractivity contribution is 0.0406. The van der Waals surface area contributed by atoms with Crippen molar-refractivity contribution in [2.45, 2.75) is 96.0 Å². The van der Waals surface area contributed by atoms with Gasteiger partial charge in [-0.3, -0.25) is 9.80 Å². The smallest absolute Gasteiger partial charge is 0.336 e. The van der Waals surface area contributed by atoms with Gasteiger partial charge in [0.05, 0.1) is 38.1 Å². The number of methoxy groups -OCH3 is 2. The molecule has 2 saturated heterocycles. The molecule has 5 atom stereocenters. The average molecular weight is 867 g/mol. The molecular formula is C52H58N4O8. The summed E-state index contributed by atoms with van der Waals surface area (Å²) < 4.78 is 25.0. The lowest BCUT2D eigenvalue weighted by atomic mass is 9.83. The maximum absolute atomic E-state index is 13.0. The Bertz CT molecular complexity index is 2740. The molecule has 6 aromatic rings. The number of aryl methyl sites for hydroxylation is 1. The van der Waals surface area contributed by atoms with Crippen molar-refractivity contribution >= 4 is 33.7 Å². The molecule has 5 unspecified atom stereocenters. The zero-order chi connectivity index (χ0) is 44.3. The molecule has 4 N–H and O–H groups in total. The Kier molecular flexibility index (Phi) is 11.2. The van der Waals surface area contributed by atoms with E-state index < -0.39 is 11.9 Å². The molecule has 2 aromatic heterocycles. The van der Waals surface area contributed by atoms with Gasteiger partial charge in [0.25, 0.3) is 0 Å². The van der Waals surface area contributed by atoms with Crippen LogP contribution in [-0.4, -0.2) is 88.5 Å². The van der Waals surface area contributed by atoms with E-state index >= 15 is 0 Å². The molecule has 4 aliphatic rings. The molecule has 64 heavy (non-hydrogen) atoms. The number of H-pyrrole nitrogens is 2. The van der Waals surface area contributed by atoms with Crippen LogP contribution in [0.15, 0.2) is 73.1 Å². The van der Waals surface area contributed by atoms with Gasteiger partial charge in [-0.1, -0.05) is 24.6 Å². The number of carbonyl (C=O) groups is 2. The van der Waals surface area contributed by atoms with E-state index in [1.807, 2.05) is 30.6 Å². The van der Waals surface area contributed by atoms with Gasteiger partial charge in [0.15, 0.2) is 0 Å². The Morgan fingerprint density at radius 2 is 1.53 bits per heavy atom. The summed E-state index contributed by atoms with van der Waals surface area (Å²) in [6.45, 7) is 8.34. The predicted molar refractivity (Wildman–Crippen MR) is 245 cm³/mol. The summed E-state index contributed by atoms with van der Waals surface area (Å²) in [7, 11) is 3.45. The van der Waals surface area contributed by atoms with Gasteiger partial charge in [-0.15, -0.1) is 0 Å². The van der Waals surface area contributed by atoms with Crippen molar-refractivity contribution in [1.82, 2.24) is 19.8 Å². The number of rotatable bonds is 14. The highest BCUT2D eigenvalue weighted by atomic mass is 16.5. The number of aromatic nitrogens is 2. The predicted octanol–water partition coefficient (Wildman–Crippen LogP) is 9.95. The minimum atomic E-state index is -0.953. The number of fused-ring (bicyclic) bond motifs is 3. The Hall–Kier alpha value is -5.82. The second kappa shape index (κ2) is 17.0. The number of benzene rings is 4. The van der Waals surface area contributed by atoms with Crippen LogP contribution >= 0.6 is 0 Å². The number of carboxylic acid groups (broad SMARTS) is 2. The SMILES string of the molecule is CCOC1CC12CCN(Cc1c(OC)cc(CC3COc4c(C5CCCCN5Cc5c(OC)cc(C)c6[nH]ccc56)ccc(C(=O)O)c43)c3[nH]ccc13)C(c1ccc(C(=O)O)cc1)C2. The lowest BCUT2D eigenvalue weighted by Gasteiger charge is -2.41. The third kappa shape index (κ3) is 7.39. The molecule has 334 valence electrons. The first-order valence-corrected chi connectivity index (χ1v) is 22.9. The van der Waals surface area contributed by atoms with Crippen molar-refractivity contribution in [2.24, 2.45) is 5.41 Å². The average Bonchev–Trinajstić information content (AvgIpc) is 3.80. The number of carboxylic acids is 2. The van der Waals surface area contributed by atoms with Crippen molar-refractivity contribution in [3.63, 3.8) is 0 Å². The largest absolute Gasteiger partial charge is 0.496 e. The Morgan fingerprint density at radius 1 is 0.828 bits per heavy atom. The molecule has 1 saturated carbocycles. The first kappa shape index (κ1) is 42.1. The number of hydrogen-bond donors (Lipinski definition) is 4. The first-order valence-electron chi connectivity index (χ1n) is 22.9. The van der Waals surface area contributed by atoms with Crippen LogP contribution in [0.4, 0.5) is 0 Å². The van der Waals surface area contributed by atoms with E-state index in [4.69, 9.17) is 18.9 Å². The highest BCUT2D eigenvalue weighted by molar-refractivity contribution is 5.92. The number of aromatic carboxylic acids is 2. The fourth-order valence-electron chi connectivity index (χ4n) is 11.6. The summed E-state index contributed by atoms with van der Waals surface area (Å²) in [6.07, 6.45) is 10.9. The van der Waals surface area contributed by atoms with Crippen LogP contribution in [-0.2, 0) is 24.2 Å². The van der Waals surface area contributed by atoms with Crippen LogP contribution in [0, 0.1) is 12.3 Å². The Labute approximate surface area is 373 Å². The highest BCUT2D eigenvalue weighted by Crippen LogP contribution is 2.60. The fourth-order valence-corrected chi connectivity index (χ4v) is 11.6. The summed E-state index contributed by atoms with van der Waals surface area (Å²) in [6, 6.07) is 19.7. The van der Waals surface area contributed by atoms with Gasteiger partial charge in [0, 0.05) is 99.6 Å². The summed E-state index contributed by atoms with van der Waals surface area (Å²) in [5.74, 6) is 0.296. The van der Waals surface area contributed by atoms with E-state index in [2.05, 4.69) is 57.9 Å². The molecule has 5 heterocycles. The van der Waals surface area contributed by atoms with Gasteiger partial charge >= 0.3 is 11.9 Å². The fraction of sp³-hybridized carbons (Fsp3) is 0.423. The van der Waals surface area contributed by atoms with E-state index in [0.717, 1.165) is 124 Å². The third-order valence-electron chi connectivity index (χ3n) is 15.0. The van der Waals surface area contributed by atoms with Crippen LogP contribution in [0.25, 0.3) is 21.8 Å². The van der Waals surface area contributed by atoms with Gasteiger partial charge in [-0.05, 0) is 125 Å². The van der Waals surface area contributed by atoms with Crippen LogP contribution in [0.1, 0.15) is 123 Å². The van der Waals surface area contributed by atoms with Crippen LogP contribution in [0.5, 0.6) is 17.2 Å². The Morgan fingerprint density at radius 3 is 2.23 bits per heavy atom. The molecule has 3 fully saturated rings. The zero-order valence-electron chi connectivity index (χ0n) is 37.2. The van der Waals surface area contributed by atoms with Crippen LogP contribution in [0.3, 0.4) is 0 Å². The Balaban J connectivity index is 0.959. The summed E-state index contributed by atoms with van der Waals surface area (Å²) in [5.41, 5.74) is 10.2. The molecule has 12 nitrogen and oxygen atoms in total. The molecule has 10 rings (SSSR count). The number of piperidine rings is 2. The standard InChI is InChI=1S/C52H58N4O8/c1-5-63-45-26-52(45)17-21-56(42(25-52)31-9-11-32(12-10-31)50(57)58)28-40-36-16-19-54-48(36)33(24-44(40)62-4)23-34-29-64-49-37(13-14-38(46(34)49)51(59)60)41-8-6-7-20-55(41)27-39-35-15-18-53-47(35)30(2)22-43(39)61-3/h9-16,18-19,22,24,34,41-42,45,53-54H,5-8,17,20-21,23,25-29H2,1-4H3,(H,57,58)(H,59,60). The number of aromatic amines is 2. The highest BCUT2D eigenvalue weighted by Gasteiger charge is 2.58. The van der Waals surface area contributed by atoms with Crippen LogP contribution in [0.2, 0.25) is 0 Å². The van der Waals surface area contributed by atoms with E-state index in [1.54, 1.807) is 32.4 Å². The lowest BCUT2D eigenvalue weighted by Crippen LogP contribution is -2.38. The van der Waals surface area contributed by atoms with Crippen molar-refractivity contribution in [3.05, 3.63) is 123 Å². The van der Waals surface area contributed by atoms with E-state index in [-0.39, 0.29) is 40.6 Å². The molecule has 1 aliphatic carbocycles. The monoisotopic (exact) mass is 866 g/mol. The van der Waals surface area contributed by atoms with Gasteiger partial charge in [-0.25, -0.2) is 9.59 Å². The maximum Gasteiger partial charge on any atom is 0.336 e. The minimum Gasteiger partial charge on any atom is -0.496 e. The molecule has 1 spiro atoms. The molecular weight excluding hydrogens is 809 g/mol. The van der Waals surface area contributed by atoms with E-state index in [0.29, 0.717) is 38.5 Å². The van der Waals surface area contributed by atoms with Crippen molar-refractivity contribution < 1.29 is 38.7 Å². The zero-order valence-corrected chi connectivity index (χ0v) is 37.2. The molecule has 12 heteroatoms. The normalized spacial score (nSPS) is 23.4. The molecule has 3 aliphatic heterocycles. The van der Waals surface area contributed by atoms with Crippen molar-refractivity contribution in [2.75, 3.05) is 40.5 Å².